The Hall–Kier alpha value is -1.82. The Morgan fingerprint density at radius 2 is 2.33 bits per heavy atom. The molecular weight excluding hydrogens is 302 g/mol. The lowest BCUT2D eigenvalue weighted by Gasteiger charge is -2.09. The van der Waals surface area contributed by atoms with Gasteiger partial charge in [0.2, 0.25) is 0 Å². The number of halogens is 1. The highest BCUT2D eigenvalue weighted by Crippen LogP contribution is 2.33. The minimum atomic E-state index is -1.03. The number of carbonyl (C=O) groups is 1. The molecule has 0 aliphatic rings. The van der Waals surface area contributed by atoms with E-state index in [1.54, 1.807) is 12.1 Å². The van der Waals surface area contributed by atoms with E-state index in [1.165, 1.54) is 6.26 Å². The number of benzene rings is 1. The normalized spacial score (nSPS) is 10.3. The van der Waals surface area contributed by atoms with Crippen LogP contribution in [0.1, 0.15) is 5.56 Å². The molecule has 0 saturated carbocycles. The molecule has 18 heavy (non-hydrogen) atoms. The molecule has 1 aromatic heterocycles. The summed E-state index contributed by atoms with van der Waals surface area (Å²) in [6.07, 6.45) is 1.53. The number of carboxylic acid groups (broad SMARTS) is 1. The largest absolute Gasteiger partial charge is 0.481 e. The van der Waals surface area contributed by atoms with E-state index in [0.29, 0.717) is 17.0 Å². The molecule has 0 atom stereocenters. The van der Waals surface area contributed by atoms with Gasteiger partial charge < -0.3 is 14.4 Å². The summed E-state index contributed by atoms with van der Waals surface area (Å²) in [5.74, 6) is -0.571. The first kappa shape index (κ1) is 12.6. The summed E-state index contributed by atoms with van der Waals surface area (Å²) in [5, 5.41) is 12.5. The molecule has 0 unspecified atom stereocenters. The van der Waals surface area contributed by atoms with Crippen molar-refractivity contribution in [2.24, 2.45) is 0 Å². The molecule has 0 amide bonds. The van der Waals surface area contributed by atoms with Crippen LogP contribution in [0.4, 0.5) is 0 Å². The van der Waals surface area contributed by atoms with Gasteiger partial charge in [0, 0.05) is 15.6 Å². The van der Waals surface area contributed by atoms with Crippen molar-refractivity contribution >= 4 is 21.9 Å². The van der Waals surface area contributed by atoms with E-state index in [0.717, 1.165) is 10.0 Å². The van der Waals surface area contributed by atoms with Crippen LogP contribution in [-0.4, -0.2) is 22.8 Å². The first-order valence-electron chi connectivity index (χ1n) is 5.13. The fourth-order valence-electron chi connectivity index (χ4n) is 1.50. The van der Waals surface area contributed by atoms with Crippen LogP contribution in [-0.2, 0) is 4.79 Å². The maximum Gasteiger partial charge on any atom is 0.341 e. The number of aromatic nitrogens is 1. The molecule has 0 bridgehead atoms. The van der Waals surface area contributed by atoms with Crippen LogP contribution in [0.5, 0.6) is 5.75 Å². The third-order valence-corrected chi connectivity index (χ3v) is 2.79. The number of ether oxygens (including phenoxy) is 1. The van der Waals surface area contributed by atoms with Crippen LogP contribution in [0, 0.1) is 6.92 Å². The van der Waals surface area contributed by atoms with Crippen molar-refractivity contribution in [2.45, 2.75) is 6.92 Å². The zero-order valence-corrected chi connectivity index (χ0v) is 11.1. The molecule has 0 spiro atoms. The molecule has 0 aliphatic heterocycles. The molecule has 0 radical (unpaired) electrons. The molecule has 1 N–H and O–H groups in total. The Labute approximate surface area is 111 Å². The zero-order valence-electron chi connectivity index (χ0n) is 9.51. The molecule has 5 nitrogen and oxygen atoms in total. The minimum absolute atomic E-state index is 0.397. The molecule has 1 heterocycles. The maximum atomic E-state index is 10.5. The van der Waals surface area contributed by atoms with Gasteiger partial charge in [0.25, 0.3) is 0 Å². The van der Waals surface area contributed by atoms with Gasteiger partial charge in [-0.25, -0.2) is 4.79 Å². The summed E-state index contributed by atoms with van der Waals surface area (Å²) in [4.78, 5) is 10.5. The van der Waals surface area contributed by atoms with Gasteiger partial charge in [-0.3, -0.25) is 0 Å². The third kappa shape index (κ3) is 2.70. The summed E-state index contributed by atoms with van der Waals surface area (Å²) < 4.78 is 11.0. The number of aliphatic carboxylic acids is 1. The lowest BCUT2D eigenvalue weighted by molar-refractivity contribution is -0.139. The van der Waals surface area contributed by atoms with Gasteiger partial charge in [-0.05, 0) is 25.1 Å². The Bertz CT molecular complexity index is 579. The minimum Gasteiger partial charge on any atom is -0.481 e. The Balaban J connectivity index is 2.41. The molecule has 0 saturated heterocycles. The molecule has 6 heteroatoms. The van der Waals surface area contributed by atoms with E-state index < -0.39 is 12.6 Å². The number of carboxylic acids is 1. The van der Waals surface area contributed by atoms with Gasteiger partial charge in [-0.2, -0.15) is 0 Å². The summed E-state index contributed by atoms with van der Waals surface area (Å²) in [7, 11) is 0. The Morgan fingerprint density at radius 3 is 2.94 bits per heavy atom. The van der Waals surface area contributed by atoms with Gasteiger partial charge in [0.05, 0.1) is 0 Å². The fraction of sp³-hybridized carbons (Fsp3) is 0.167. The van der Waals surface area contributed by atoms with Crippen molar-refractivity contribution in [2.75, 3.05) is 6.61 Å². The van der Waals surface area contributed by atoms with Gasteiger partial charge in [0.15, 0.2) is 6.61 Å². The second kappa shape index (κ2) is 5.22. The smallest absolute Gasteiger partial charge is 0.341 e. The quantitative estimate of drug-likeness (QED) is 0.940. The summed E-state index contributed by atoms with van der Waals surface area (Å²) >= 11 is 3.36. The highest BCUT2D eigenvalue weighted by Gasteiger charge is 2.14. The lowest BCUT2D eigenvalue weighted by Crippen LogP contribution is -2.10. The predicted octanol–water partition coefficient (Wildman–Crippen LogP) is 2.88. The molecule has 2 aromatic rings. The number of rotatable bonds is 4. The van der Waals surface area contributed by atoms with E-state index >= 15 is 0 Å². The number of nitrogens with zero attached hydrogens (tertiary/aromatic N) is 1. The monoisotopic (exact) mass is 311 g/mol. The van der Waals surface area contributed by atoms with Gasteiger partial charge in [-0.1, -0.05) is 21.1 Å². The number of hydrogen-bond acceptors (Lipinski definition) is 4. The van der Waals surface area contributed by atoms with Crippen molar-refractivity contribution < 1.29 is 19.2 Å². The highest BCUT2D eigenvalue weighted by molar-refractivity contribution is 9.10. The highest BCUT2D eigenvalue weighted by atomic mass is 79.9. The number of hydrogen-bond donors (Lipinski definition) is 1. The molecule has 0 aliphatic carbocycles. The predicted molar refractivity (Wildman–Crippen MR) is 67.5 cm³/mol. The van der Waals surface area contributed by atoms with Crippen LogP contribution in [0.3, 0.4) is 0 Å². The van der Waals surface area contributed by atoms with E-state index in [1.807, 2.05) is 13.0 Å². The van der Waals surface area contributed by atoms with Gasteiger partial charge in [-0.15, -0.1) is 0 Å². The van der Waals surface area contributed by atoms with E-state index in [-0.39, 0.29) is 0 Å². The molecule has 2 rings (SSSR count). The Morgan fingerprint density at radius 1 is 1.56 bits per heavy atom. The molecule has 0 fully saturated rings. The topological polar surface area (TPSA) is 72.6 Å². The second-order valence-corrected chi connectivity index (χ2v) is 4.58. The standard InChI is InChI=1S/C12H10BrNO4/c1-7-5-18-14-12(7)9-4-8(13)2-3-10(9)17-6-11(15)16/h2-5H,6H2,1H3,(H,15,16). The van der Waals surface area contributed by atoms with Gasteiger partial charge >= 0.3 is 5.97 Å². The van der Waals surface area contributed by atoms with Crippen LogP contribution < -0.4 is 4.74 Å². The Kier molecular flexibility index (Phi) is 3.66. The van der Waals surface area contributed by atoms with E-state index in [4.69, 9.17) is 14.4 Å². The maximum absolute atomic E-state index is 10.5. The third-order valence-electron chi connectivity index (χ3n) is 2.29. The average molecular weight is 312 g/mol. The first-order valence-corrected chi connectivity index (χ1v) is 5.92. The lowest BCUT2D eigenvalue weighted by atomic mass is 10.1. The number of aryl methyl sites for hydroxylation is 1. The van der Waals surface area contributed by atoms with Crippen LogP contribution in [0.25, 0.3) is 11.3 Å². The average Bonchev–Trinajstić information content (AvgIpc) is 2.73. The SMILES string of the molecule is Cc1conc1-c1cc(Br)ccc1OCC(=O)O. The van der Waals surface area contributed by atoms with Crippen molar-refractivity contribution in [1.82, 2.24) is 5.16 Å². The summed E-state index contributed by atoms with van der Waals surface area (Å²) in [6, 6.07) is 5.27. The van der Waals surface area contributed by atoms with E-state index in [9.17, 15) is 4.79 Å². The van der Waals surface area contributed by atoms with Crippen molar-refractivity contribution in [3.8, 4) is 17.0 Å². The van der Waals surface area contributed by atoms with Crippen LogP contribution in [0.15, 0.2) is 33.5 Å². The van der Waals surface area contributed by atoms with Crippen LogP contribution >= 0.6 is 15.9 Å². The van der Waals surface area contributed by atoms with Crippen molar-refractivity contribution in [3.63, 3.8) is 0 Å². The molecule has 1 aromatic carbocycles. The summed E-state index contributed by atoms with van der Waals surface area (Å²) in [5.41, 5.74) is 2.18. The molecule has 94 valence electrons. The fourth-order valence-corrected chi connectivity index (χ4v) is 1.86. The second-order valence-electron chi connectivity index (χ2n) is 3.67. The molecular formula is C12H10BrNO4. The van der Waals surface area contributed by atoms with E-state index in [2.05, 4.69) is 21.1 Å². The zero-order chi connectivity index (χ0) is 13.1. The van der Waals surface area contributed by atoms with Crippen molar-refractivity contribution in [1.29, 1.82) is 0 Å². The summed E-state index contributed by atoms with van der Waals surface area (Å²) in [6.45, 7) is 1.46. The first-order chi connectivity index (χ1) is 8.58. The van der Waals surface area contributed by atoms with Gasteiger partial charge in [0.1, 0.15) is 17.7 Å². The van der Waals surface area contributed by atoms with Crippen LogP contribution in [0.2, 0.25) is 0 Å². The van der Waals surface area contributed by atoms with Crippen molar-refractivity contribution in [3.05, 3.63) is 34.5 Å².